The van der Waals surface area contributed by atoms with Gasteiger partial charge in [-0.25, -0.2) is 0 Å². The third kappa shape index (κ3) is 1.90. The van der Waals surface area contributed by atoms with Gasteiger partial charge in [0, 0.05) is 22.3 Å². The molecule has 3 heterocycles. The molecule has 5 aromatic rings. The van der Waals surface area contributed by atoms with Crippen LogP contribution in [0.3, 0.4) is 0 Å². The Labute approximate surface area is 229 Å². The van der Waals surface area contributed by atoms with Gasteiger partial charge in [0.25, 0.3) is 0 Å². The first kappa shape index (κ1) is 20.8. The summed E-state index contributed by atoms with van der Waals surface area (Å²) in [5.74, 6) is 0.269. The van der Waals surface area contributed by atoms with E-state index < -0.39 is 0 Å². The fourth-order valence-corrected chi connectivity index (χ4v) is 9.51. The Balaban J connectivity index is 1.52. The SMILES string of the molecule is CC1(C)c2cccc3c2N2c4c1cccc4C14c5ccccc5C(c5ccccc51)c1ccc(c2c14)C3(C)C. The highest BCUT2D eigenvalue weighted by molar-refractivity contribution is 6.02. The summed E-state index contributed by atoms with van der Waals surface area (Å²) in [5, 5.41) is 0. The summed E-state index contributed by atoms with van der Waals surface area (Å²) in [6.07, 6.45) is 0. The fourth-order valence-electron chi connectivity index (χ4n) is 9.51. The van der Waals surface area contributed by atoms with Crippen LogP contribution in [0, 0.1) is 0 Å². The molecule has 0 aromatic heterocycles. The van der Waals surface area contributed by atoms with Crippen LogP contribution >= 0.6 is 0 Å². The number of hydrogen-bond donors (Lipinski definition) is 0. The van der Waals surface area contributed by atoms with E-state index in [1.165, 1.54) is 78.3 Å². The summed E-state index contributed by atoms with van der Waals surface area (Å²) >= 11 is 0. The Kier molecular flexibility index (Phi) is 3.23. The average molecular weight is 500 g/mol. The van der Waals surface area contributed by atoms with Gasteiger partial charge in [-0.05, 0) is 55.6 Å². The van der Waals surface area contributed by atoms with Crippen molar-refractivity contribution in [1.82, 2.24) is 0 Å². The molecule has 6 aliphatic rings. The standard InChI is InChI=1S/C38H29N/c1-36(2)26-15-9-16-27-33(26)39-34-28(36)17-10-18-30(34)38-24-13-7-5-11-21(24)31(22-12-6-8-14-25(22)38)23-19-20-29(37(27,3)4)35(39)32(23)38/h5-20,31H,1-4H3. The second kappa shape index (κ2) is 6.05. The van der Waals surface area contributed by atoms with Crippen molar-refractivity contribution in [1.29, 1.82) is 0 Å². The normalized spacial score (nSPS) is 23.6. The van der Waals surface area contributed by atoms with Gasteiger partial charge < -0.3 is 4.90 Å². The molecule has 0 atom stereocenters. The van der Waals surface area contributed by atoms with Crippen LogP contribution in [0.15, 0.2) is 97.1 Å². The number of benzene rings is 5. The maximum absolute atomic E-state index is 2.71. The fraction of sp³-hybridized carbons (Fsp3) is 0.211. The summed E-state index contributed by atoms with van der Waals surface area (Å²) in [6.45, 7) is 9.75. The molecule has 186 valence electrons. The molecule has 39 heavy (non-hydrogen) atoms. The molecule has 1 spiro atoms. The number of nitrogens with zero attached hydrogens (tertiary/aromatic N) is 1. The van der Waals surface area contributed by atoms with Crippen LogP contribution in [0.5, 0.6) is 0 Å². The zero-order valence-corrected chi connectivity index (χ0v) is 22.8. The zero-order chi connectivity index (χ0) is 26.1. The lowest BCUT2D eigenvalue weighted by atomic mass is 9.47. The summed E-state index contributed by atoms with van der Waals surface area (Å²) in [4.78, 5) is 2.71. The van der Waals surface area contributed by atoms with Crippen molar-refractivity contribution in [2.45, 2.75) is 49.9 Å². The van der Waals surface area contributed by atoms with Gasteiger partial charge in [0.15, 0.2) is 0 Å². The highest BCUT2D eigenvalue weighted by atomic mass is 15.2. The summed E-state index contributed by atoms with van der Waals surface area (Å²) in [7, 11) is 0. The molecular formula is C38H29N. The third-order valence-corrected chi connectivity index (χ3v) is 11.1. The highest BCUT2D eigenvalue weighted by Crippen LogP contribution is 2.73. The average Bonchev–Trinajstić information content (AvgIpc) is 2.96. The van der Waals surface area contributed by atoms with Crippen LogP contribution < -0.4 is 4.90 Å². The Morgan fingerprint density at radius 2 is 0.897 bits per heavy atom. The molecule has 0 fully saturated rings. The minimum atomic E-state index is -0.319. The molecule has 1 heteroatoms. The Morgan fingerprint density at radius 1 is 0.436 bits per heavy atom. The maximum atomic E-state index is 2.71. The monoisotopic (exact) mass is 499 g/mol. The van der Waals surface area contributed by atoms with Crippen LogP contribution in [-0.4, -0.2) is 0 Å². The van der Waals surface area contributed by atoms with Gasteiger partial charge in [-0.3, -0.25) is 0 Å². The van der Waals surface area contributed by atoms with Gasteiger partial charge in [0.1, 0.15) is 0 Å². The largest absolute Gasteiger partial charge is 0.309 e. The molecule has 3 aliphatic heterocycles. The smallest absolute Gasteiger partial charge is 0.0751 e. The van der Waals surface area contributed by atoms with Gasteiger partial charge in [0.2, 0.25) is 0 Å². The molecule has 0 unspecified atom stereocenters. The van der Waals surface area contributed by atoms with Crippen molar-refractivity contribution < 1.29 is 0 Å². The first-order valence-corrected chi connectivity index (χ1v) is 14.3. The van der Waals surface area contributed by atoms with Crippen LogP contribution in [0.25, 0.3) is 0 Å². The Hall–Kier alpha value is -4.10. The number of anilines is 3. The summed E-state index contributed by atoms with van der Waals surface area (Å²) in [5.41, 5.74) is 19.9. The molecule has 3 aliphatic carbocycles. The summed E-state index contributed by atoms with van der Waals surface area (Å²) < 4.78 is 0. The minimum Gasteiger partial charge on any atom is -0.309 e. The number of rotatable bonds is 0. The van der Waals surface area contributed by atoms with E-state index in [0.29, 0.717) is 0 Å². The quantitative estimate of drug-likeness (QED) is 0.201. The van der Waals surface area contributed by atoms with Crippen LogP contribution in [-0.2, 0) is 16.2 Å². The van der Waals surface area contributed by atoms with Crippen LogP contribution in [0.4, 0.5) is 17.1 Å². The van der Waals surface area contributed by atoms with Gasteiger partial charge in [-0.1, -0.05) is 125 Å². The molecule has 1 nitrogen and oxygen atoms in total. The predicted octanol–water partition coefficient (Wildman–Crippen LogP) is 8.94. The van der Waals surface area contributed by atoms with Crippen LogP contribution in [0.1, 0.15) is 94.8 Å². The molecule has 0 saturated heterocycles. The third-order valence-electron chi connectivity index (χ3n) is 11.1. The Bertz CT molecular complexity index is 1930. The van der Waals surface area contributed by atoms with E-state index in [-0.39, 0.29) is 22.2 Å². The van der Waals surface area contributed by atoms with E-state index in [1.807, 2.05) is 0 Å². The van der Waals surface area contributed by atoms with Crippen LogP contribution in [0.2, 0.25) is 0 Å². The second-order valence-electron chi connectivity index (χ2n) is 13.3. The van der Waals surface area contributed by atoms with Crippen molar-refractivity contribution in [2.24, 2.45) is 0 Å². The predicted molar refractivity (Wildman–Crippen MR) is 158 cm³/mol. The van der Waals surface area contributed by atoms with Crippen molar-refractivity contribution in [3.63, 3.8) is 0 Å². The summed E-state index contributed by atoms with van der Waals surface area (Å²) in [6, 6.07) is 37.8. The first-order chi connectivity index (χ1) is 18.9. The van der Waals surface area contributed by atoms with Crippen molar-refractivity contribution >= 4 is 17.1 Å². The molecule has 5 aromatic carbocycles. The van der Waals surface area contributed by atoms with Crippen molar-refractivity contribution in [3.8, 4) is 0 Å². The second-order valence-corrected chi connectivity index (χ2v) is 13.3. The Morgan fingerprint density at radius 3 is 1.49 bits per heavy atom. The van der Waals surface area contributed by atoms with Crippen molar-refractivity contribution in [3.05, 3.63) is 158 Å². The van der Waals surface area contributed by atoms with Crippen molar-refractivity contribution in [2.75, 3.05) is 4.90 Å². The van der Waals surface area contributed by atoms with E-state index in [1.54, 1.807) is 0 Å². The lowest BCUT2D eigenvalue weighted by molar-refractivity contribution is 0.565. The lowest BCUT2D eigenvalue weighted by Gasteiger charge is -2.60. The maximum Gasteiger partial charge on any atom is 0.0751 e. The van der Waals surface area contributed by atoms with E-state index in [4.69, 9.17) is 0 Å². The lowest BCUT2D eigenvalue weighted by Crippen LogP contribution is -2.50. The molecule has 0 radical (unpaired) electrons. The van der Waals surface area contributed by atoms with E-state index in [9.17, 15) is 0 Å². The first-order valence-electron chi connectivity index (χ1n) is 14.3. The van der Waals surface area contributed by atoms with Gasteiger partial charge in [0.05, 0.1) is 22.5 Å². The topological polar surface area (TPSA) is 3.24 Å². The zero-order valence-electron chi connectivity index (χ0n) is 22.8. The minimum absolute atomic E-state index is 0.0943. The van der Waals surface area contributed by atoms with E-state index in [0.717, 1.165) is 0 Å². The number of hydrogen-bond acceptors (Lipinski definition) is 1. The van der Waals surface area contributed by atoms with Gasteiger partial charge >= 0.3 is 0 Å². The van der Waals surface area contributed by atoms with Gasteiger partial charge in [-0.2, -0.15) is 0 Å². The molecule has 0 saturated carbocycles. The molecule has 0 N–H and O–H groups in total. The molecule has 11 rings (SSSR count). The highest BCUT2D eigenvalue weighted by Gasteiger charge is 2.61. The molecular weight excluding hydrogens is 470 g/mol. The van der Waals surface area contributed by atoms with Gasteiger partial charge in [-0.15, -0.1) is 0 Å². The number of para-hydroxylation sites is 2. The molecule has 2 bridgehead atoms. The van der Waals surface area contributed by atoms with E-state index in [2.05, 4.69) is 130 Å². The van der Waals surface area contributed by atoms with E-state index >= 15 is 0 Å². The molecule has 0 amide bonds.